The average molecular weight is 315 g/mol. The lowest BCUT2D eigenvalue weighted by Crippen LogP contribution is -2.56. The first-order valence-electron chi connectivity index (χ1n) is 6.94. The molecule has 1 aliphatic carbocycles. The molecule has 1 fully saturated rings. The van der Waals surface area contributed by atoms with E-state index in [0.29, 0.717) is 17.2 Å². The van der Waals surface area contributed by atoms with Gasteiger partial charge in [-0.3, -0.25) is 4.79 Å². The molecule has 2 rings (SSSR count). The van der Waals surface area contributed by atoms with Gasteiger partial charge < -0.3 is 10.1 Å². The third kappa shape index (κ3) is 3.55. The molecule has 1 aromatic rings. The molecule has 0 aliphatic heterocycles. The fourth-order valence-corrected chi connectivity index (χ4v) is 3.65. The lowest BCUT2D eigenvalue weighted by molar-refractivity contribution is -0.148. The molecule has 1 aliphatic rings. The number of ether oxygens (including phenoxy) is 1. The van der Waals surface area contributed by atoms with Gasteiger partial charge in [-0.2, -0.15) is 0 Å². The van der Waals surface area contributed by atoms with Crippen LogP contribution in [0.4, 0.5) is 8.78 Å². The highest BCUT2D eigenvalue weighted by molar-refractivity contribution is 7.99. The molecule has 0 spiro atoms. The van der Waals surface area contributed by atoms with Crippen LogP contribution >= 0.6 is 11.8 Å². The summed E-state index contributed by atoms with van der Waals surface area (Å²) in [5, 5.41) is 3.24. The first-order valence-corrected chi connectivity index (χ1v) is 7.93. The Kier molecular flexibility index (Phi) is 5.22. The summed E-state index contributed by atoms with van der Waals surface area (Å²) in [6, 6.07) is 3.77. The Labute approximate surface area is 127 Å². The number of hydrogen-bond donors (Lipinski definition) is 1. The van der Waals surface area contributed by atoms with Gasteiger partial charge in [-0.1, -0.05) is 6.92 Å². The van der Waals surface area contributed by atoms with E-state index in [2.05, 4.69) is 5.32 Å². The van der Waals surface area contributed by atoms with Gasteiger partial charge in [0, 0.05) is 10.6 Å². The maximum atomic E-state index is 13.2. The summed E-state index contributed by atoms with van der Waals surface area (Å²) in [5.74, 6) is -1.36. The number of rotatable bonds is 7. The molecule has 116 valence electrons. The zero-order valence-electron chi connectivity index (χ0n) is 12.1. The van der Waals surface area contributed by atoms with Gasteiger partial charge >= 0.3 is 5.97 Å². The topological polar surface area (TPSA) is 38.3 Å². The first kappa shape index (κ1) is 16.2. The SMILES string of the molecule is CCNC(CSc1ccc(F)c(F)c1)(C(=O)OC)C1CC1. The summed E-state index contributed by atoms with van der Waals surface area (Å²) in [4.78, 5) is 12.8. The lowest BCUT2D eigenvalue weighted by atomic mass is 9.95. The molecule has 0 heterocycles. The van der Waals surface area contributed by atoms with Crippen molar-refractivity contribution in [3.63, 3.8) is 0 Å². The maximum Gasteiger partial charge on any atom is 0.327 e. The van der Waals surface area contributed by atoms with Gasteiger partial charge in [0.15, 0.2) is 11.6 Å². The third-order valence-electron chi connectivity index (χ3n) is 3.67. The second kappa shape index (κ2) is 6.75. The Hall–Kier alpha value is -1.14. The second-order valence-corrected chi connectivity index (χ2v) is 6.18. The highest BCUT2D eigenvalue weighted by Crippen LogP contribution is 2.43. The van der Waals surface area contributed by atoms with Crippen molar-refractivity contribution in [3.8, 4) is 0 Å². The number of esters is 1. The number of methoxy groups -OCH3 is 1. The molecule has 1 aromatic carbocycles. The summed E-state index contributed by atoms with van der Waals surface area (Å²) in [6.07, 6.45) is 1.95. The van der Waals surface area contributed by atoms with Crippen LogP contribution < -0.4 is 5.32 Å². The quantitative estimate of drug-likeness (QED) is 0.620. The van der Waals surface area contributed by atoms with Crippen molar-refractivity contribution in [1.82, 2.24) is 5.32 Å². The second-order valence-electron chi connectivity index (χ2n) is 5.13. The molecule has 1 saturated carbocycles. The van der Waals surface area contributed by atoms with Crippen LogP contribution in [0.5, 0.6) is 0 Å². The molecule has 21 heavy (non-hydrogen) atoms. The van der Waals surface area contributed by atoms with Crippen LogP contribution in [0.2, 0.25) is 0 Å². The van der Waals surface area contributed by atoms with Crippen molar-refractivity contribution in [2.75, 3.05) is 19.4 Å². The molecule has 1 unspecified atom stereocenters. The van der Waals surface area contributed by atoms with Crippen molar-refractivity contribution in [2.45, 2.75) is 30.2 Å². The molecular formula is C15H19F2NO2S. The smallest absolute Gasteiger partial charge is 0.327 e. The summed E-state index contributed by atoms with van der Waals surface area (Å²) < 4.78 is 31.1. The van der Waals surface area contributed by atoms with Crippen LogP contribution in [0, 0.1) is 17.6 Å². The number of likely N-dealkylation sites (N-methyl/N-ethyl adjacent to an activating group) is 1. The predicted molar refractivity (Wildman–Crippen MR) is 78.2 cm³/mol. The van der Waals surface area contributed by atoms with Crippen molar-refractivity contribution >= 4 is 17.7 Å². The normalized spacial score (nSPS) is 17.3. The van der Waals surface area contributed by atoms with E-state index >= 15 is 0 Å². The molecule has 3 nitrogen and oxygen atoms in total. The van der Waals surface area contributed by atoms with Crippen LogP contribution in [-0.2, 0) is 9.53 Å². The first-order chi connectivity index (χ1) is 10.0. The van der Waals surface area contributed by atoms with Gasteiger partial charge in [0.05, 0.1) is 7.11 Å². The van der Waals surface area contributed by atoms with E-state index in [1.54, 1.807) is 0 Å². The molecule has 1 N–H and O–H groups in total. The Morgan fingerprint density at radius 2 is 2.14 bits per heavy atom. The Morgan fingerprint density at radius 1 is 1.43 bits per heavy atom. The predicted octanol–water partition coefficient (Wildman–Crippen LogP) is 2.99. The van der Waals surface area contributed by atoms with E-state index < -0.39 is 17.2 Å². The number of carbonyl (C=O) groups excluding carboxylic acids is 1. The molecule has 0 radical (unpaired) electrons. The average Bonchev–Trinajstić information content (AvgIpc) is 3.31. The van der Waals surface area contributed by atoms with E-state index in [0.717, 1.165) is 25.0 Å². The minimum Gasteiger partial charge on any atom is -0.468 e. The van der Waals surface area contributed by atoms with Crippen molar-refractivity contribution in [3.05, 3.63) is 29.8 Å². The molecule has 6 heteroatoms. The van der Waals surface area contributed by atoms with E-state index in [9.17, 15) is 13.6 Å². The molecule has 0 amide bonds. The van der Waals surface area contributed by atoms with Gasteiger partial charge in [0.2, 0.25) is 0 Å². The lowest BCUT2D eigenvalue weighted by Gasteiger charge is -2.31. The highest BCUT2D eigenvalue weighted by atomic mass is 32.2. The van der Waals surface area contributed by atoms with E-state index in [-0.39, 0.29) is 11.9 Å². The Balaban J connectivity index is 2.14. The van der Waals surface area contributed by atoms with Crippen LogP contribution in [0.1, 0.15) is 19.8 Å². The standard InChI is InChI=1S/C15H19F2NO2S/c1-3-18-15(10-4-5-10,14(19)20-2)9-21-11-6-7-12(16)13(17)8-11/h6-8,10,18H,3-5,9H2,1-2H3. The minimum absolute atomic E-state index is 0.239. The van der Waals surface area contributed by atoms with Gasteiger partial charge in [-0.15, -0.1) is 11.8 Å². The third-order valence-corrected chi connectivity index (χ3v) is 4.86. The van der Waals surface area contributed by atoms with Gasteiger partial charge in [-0.05, 0) is 43.5 Å². The minimum atomic E-state index is -0.876. The van der Waals surface area contributed by atoms with Gasteiger partial charge in [0.1, 0.15) is 5.54 Å². The van der Waals surface area contributed by atoms with E-state index in [1.165, 1.54) is 24.9 Å². The largest absolute Gasteiger partial charge is 0.468 e. The van der Waals surface area contributed by atoms with Gasteiger partial charge in [0.25, 0.3) is 0 Å². The summed E-state index contributed by atoms with van der Waals surface area (Å²) in [7, 11) is 1.37. The highest BCUT2D eigenvalue weighted by Gasteiger charge is 2.51. The Bertz CT molecular complexity index is 522. The molecule has 0 bridgehead atoms. The maximum absolute atomic E-state index is 13.2. The van der Waals surface area contributed by atoms with E-state index in [4.69, 9.17) is 4.74 Å². The number of halogens is 2. The molecule has 0 aromatic heterocycles. The molecule has 0 saturated heterocycles. The summed E-state index contributed by atoms with van der Waals surface area (Å²) >= 11 is 1.33. The van der Waals surface area contributed by atoms with Gasteiger partial charge in [-0.25, -0.2) is 8.78 Å². The fraction of sp³-hybridized carbons (Fsp3) is 0.533. The van der Waals surface area contributed by atoms with Crippen molar-refractivity contribution in [2.24, 2.45) is 5.92 Å². The number of carbonyl (C=O) groups is 1. The van der Waals surface area contributed by atoms with Crippen LogP contribution in [0.25, 0.3) is 0 Å². The Morgan fingerprint density at radius 3 is 2.67 bits per heavy atom. The van der Waals surface area contributed by atoms with Crippen LogP contribution in [0.3, 0.4) is 0 Å². The number of hydrogen-bond acceptors (Lipinski definition) is 4. The fourth-order valence-electron chi connectivity index (χ4n) is 2.45. The van der Waals surface area contributed by atoms with E-state index in [1.807, 2.05) is 6.92 Å². The van der Waals surface area contributed by atoms with Crippen LogP contribution in [0.15, 0.2) is 23.1 Å². The number of benzene rings is 1. The zero-order valence-corrected chi connectivity index (χ0v) is 12.9. The monoisotopic (exact) mass is 315 g/mol. The molecular weight excluding hydrogens is 296 g/mol. The number of thioether (sulfide) groups is 1. The summed E-state index contributed by atoms with van der Waals surface area (Å²) in [6.45, 7) is 2.58. The van der Waals surface area contributed by atoms with Crippen molar-refractivity contribution < 1.29 is 18.3 Å². The summed E-state index contributed by atoms with van der Waals surface area (Å²) in [5.41, 5.74) is -0.751. The molecule has 1 atom stereocenters. The number of nitrogens with one attached hydrogen (secondary N) is 1. The van der Waals surface area contributed by atoms with Crippen LogP contribution in [-0.4, -0.2) is 30.9 Å². The van der Waals surface area contributed by atoms with Crippen molar-refractivity contribution in [1.29, 1.82) is 0 Å². The zero-order chi connectivity index (χ0) is 15.5.